The van der Waals surface area contributed by atoms with Crippen molar-refractivity contribution in [2.24, 2.45) is 0 Å². The van der Waals surface area contributed by atoms with E-state index in [9.17, 15) is 4.79 Å². The summed E-state index contributed by atoms with van der Waals surface area (Å²) in [5.74, 6) is 0.193. The van der Waals surface area contributed by atoms with Gasteiger partial charge in [0.1, 0.15) is 0 Å². The van der Waals surface area contributed by atoms with Crippen LogP contribution in [0.25, 0.3) is 0 Å². The maximum absolute atomic E-state index is 13.0. The summed E-state index contributed by atoms with van der Waals surface area (Å²) in [6.45, 7) is 9.12. The summed E-state index contributed by atoms with van der Waals surface area (Å²) in [7, 11) is 0. The monoisotopic (exact) mass is 351 g/mol. The minimum absolute atomic E-state index is 0.193. The predicted octanol–water partition coefficient (Wildman–Crippen LogP) is 3.25. The number of para-hydroxylation sites is 1. The third kappa shape index (κ3) is 5.16. The Morgan fingerprint density at radius 3 is 2.08 bits per heavy atom. The van der Waals surface area contributed by atoms with Gasteiger partial charge in [0.25, 0.3) is 0 Å². The third-order valence-electron chi connectivity index (χ3n) is 5.11. The number of anilines is 1. The van der Waals surface area contributed by atoms with Gasteiger partial charge in [-0.2, -0.15) is 0 Å². The highest BCUT2D eigenvalue weighted by atomic mass is 16.2. The lowest BCUT2D eigenvalue weighted by Gasteiger charge is -2.34. The molecular formula is C22H29N3O. The highest BCUT2D eigenvalue weighted by Crippen LogP contribution is 2.18. The fraction of sp³-hybridized carbons (Fsp3) is 0.409. The first-order chi connectivity index (χ1) is 12.8. The van der Waals surface area contributed by atoms with Crippen LogP contribution in [0, 0.1) is 0 Å². The van der Waals surface area contributed by atoms with Crippen LogP contribution in [0.2, 0.25) is 0 Å². The molecule has 3 rings (SSSR count). The first kappa shape index (κ1) is 18.6. The molecule has 0 saturated carbocycles. The van der Waals surface area contributed by atoms with Crippen molar-refractivity contribution in [3.8, 4) is 0 Å². The number of hydrogen-bond acceptors (Lipinski definition) is 3. The summed E-state index contributed by atoms with van der Waals surface area (Å²) in [6.07, 6.45) is 0.563. The van der Waals surface area contributed by atoms with Crippen LogP contribution >= 0.6 is 0 Å². The summed E-state index contributed by atoms with van der Waals surface area (Å²) in [5.41, 5.74) is 2.12. The molecule has 0 aliphatic carbocycles. The molecule has 1 aliphatic rings. The van der Waals surface area contributed by atoms with E-state index < -0.39 is 0 Å². The Kier molecular flexibility index (Phi) is 6.81. The van der Waals surface area contributed by atoms with Gasteiger partial charge < -0.3 is 14.7 Å². The molecule has 4 heteroatoms. The fourth-order valence-corrected chi connectivity index (χ4v) is 3.42. The molecule has 1 fully saturated rings. The molecule has 0 aromatic heterocycles. The Labute approximate surface area is 157 Å². The molecule has 138 valence electrons. The number of amides is 1. The lowest BCUT2D eigenvalue weighted by molar-refractivity contribution is -0.119. The van der Waals surface area contributed by atoms with Gasteiger partial charge in [0, 0.05) is 44.8 Å². The average Bonchev–Trinajstić information content (AvgIpc) is 2.72. The van der Waals surface area contributed by atoms with Crippen molar-refractivity contribution in [3.63, 3.8) is 0 Å². The van der Waals surface area contributed by atoms with Crippen LogP contribution in [-0.4, -0.2) is 55.0 Å². The second-order valence-corrected chi connectivity index (χ2v) is 6.83. The van der Waals surface area contributed by atoms with Gasteiger partial charge in [-0.05, 0) is 24.2 Å². The van der Waals surface area contributed by atoms with E-state index in [4.69, 9.17) is 0 Å². The second kappa shape index (κ2) is 9.51. The molecule has 1 amide bonds. The zero-order valence-electron chi connectivity index (χ0n) is 15.7. The molecule has 0 N–H and O–H groups in total. The van der Waals surface area contributed by atoms with Crippen LogP contribution in [0.5, 0.6) is 0 Å². The SMILES string of the molecule is CCN1CCN(CCC(=O)N(Cc2ccccc2)c2ccccc2)CC1. The van der Waals surface area contributed by atoms with Crippen molar-refractivity contribution in [1.29, 1.82) is 0 Å². The molecule has 1 saturated heterocycles. The molecule has 0 radical (unpaired) electrons. The standard InChI is InChI=1S/C22H29N3O/c1-2-23-15-17-24(18-16-23)14-13-22(26)25(21-11-7-4-8-12-21)19-20-9-5-3-6-10-20/h3-12H,2,13-19H2,1H3. The van der Waals surface area contributed by atoms with Gasteiger partial charge in [-0.3, -0.25) is 4.79 Å². The van der Waals surface area contributed by atoms with Gasteiger partial charge in [0.05, 0.1) is 6.54 Å². The van der Waals surface area contributed by atoms with E-state index in [2.05, 4.69) is 28.9 Å². The molecule has 0 spiro atoms. The Hall–Kier alpha value is -2.17. The van der Waals surface area contributed by atoms with E-state index in [-0.39, 0.29) is 5.91 Å². The number of carbonyl (C=O) groups is 1. The Bertz CT molecular complexity index is 666. The minimum Gasteiger partial charge on any atom is -0.308 e. The van der Waals surface area contributed by atoms with Crippen LogP contribution in [0.3, 0.4) is 0 Å². The van der Waals surface area contributed by atoms with Crippen molar-refractivity contribution in [2.45, 2.75) is 19.9 Å². The van der Waals surface area contributed by atoms with Gasteiger partial charge in [-0.25, -0.2) is 0 Å². The quantitative estimate of drug-likeness (QED) is 0.766. The van der Waals surface area contributed by atoms with Gasteiger partial charge in [-0.1, -0.05) is 55.5 Å². The van der Waals surface area contributed by atoms with Crippen molar-refractivity contribution < 1.29 is 4.79 Å². The molecule has 4 nitrogen and oxygen atoms in total. The number of piperazine rings is 1. The van der Waals surface area contributed by atoms with E-state index in [1.807, 2.05) is 53.4 Å². The summed E-state index contributed by atoms with van der Waals surface area (Å²) in [5, 5.41) is 0. The van der Waals surface area contributed by atoms with Crippen molar-refractivity contribution in [2.75, 3.05) is 44.2 Å². The van der Waals surface area contributed by atoms with Gasteiger partial charge >= 0.3 is 0 Å². The van der Waals surface area contributed by atoms with E-state index in [1.165, 1.54) is 0 Å². The van der Waals surface area contributed by atoms with Crippen LogP contribution in [0.15, 0.2) is 60.7 Å². The summed E-state index contributed by atoms with van der Waals surface area (Å²) < 4.78 is 0. The van der Waals surface area contributed by atoms with Crippen molar-refractivity contribution in [1.82, 2.24) is 9.80 Å². The van der Waals surface area contributed by atoms with Crippen LogP contribution < -0.4 is 4.90 Å². The number of hydrogen-bond donors (Lipinski definition) is 0. The zero-order valence-corrected chi connectivity index (χ0v) is 15.7. The molecule has 1 aliphatic heterocycles. The van der Waals surface area contributed by atoms with Gasteiger partial charge in [0.15, 0.2) is 0 Å². The number of nitrogens with zero attached hydrogens (tertiary/aromatic N) is 3. The Morgan fingerprint density at radius 1 is 0.885 bits per heavy atom. The van der Waals surface area contributed by atoms with E-state index in [0.717, 1.165) is 50.5 Å². The highest BCUT2D eigenvalue weighted by molar-refractivity contribution is 5.93. The highest BCUT2D eigenvalue weighted by Gasteiger charge is 2.20. The summed E-state index contributed by atoms with van der Waals surface area (Å²) in [4.78, 5) is 19.8. The molecule has 26 heavy (non-hydrogen) atoms. The van der Waals surface area contributed by atoms with Crippen molar-refractivity contribution >= 4 is 11.6 Å². The Balaban J connectivity index is 1.62. The second-order valence-electron chi connectivity index (χ2n) is 6.83. The number of rotatable bonds is 7. The summed E-state index contributed by atoms with van der Waals surface area (Å²) >= 11 is 0. The molecular weight excluding hydrogens is 322 g/mol. The number of carbonyl (C=O) groups excluding carboxylic acids is 1. The van der Waals surface area contributed by atoms with Crippen molar-refractivity contribution in [3.05, 3.63) is 66.2 Å². The smallest absolute Gasteiger partial charge is 0.228 e. The molecule has 1 heterocycles. The van der Waals surface area contributed by atoms with E-state index in [1.54, 1.807) is 0 Å². The zero-order chi connectivity index (χ0) is 18.2. The number of likely N-dealkylation sites (N-methyl/N-ethyl adjacent to an activating group) is 1. The largest absolute Gasteiger partial charge is 0.308 e. The first-order valence-electron chi connectivity index (χ1n) is 9.60. The Morgan fingerprint density at radius 2 is 1.46 bits per heavy atom. The topological polar surface area (TPSA) is 26.8 Å². The van der Waals surface area contributed by atoms with E-state index >= 15 is 0 Å². The summed E-state index contributed by atoms with van der Waals surface area (Å²) in [6, 6.07) is 20.2. The average molecular weight is 351 g/mol. The number of benzene rings is 2. The fourth-order valence-electron chi connectivity index (χ4n) is 3.42. The maximum Gasteiger partial charge on any atom is 0.228 e. The molecule has 0 bridgehead atoms. The third-order valence-corrected chi connectivity index (χ3v) is 5.11. The maximum atomic E-state index is 13.0. The molecule has 0 atom stereocenters. The van der Waals surface area contributed by atoms with Crippen LogP contribution in [0.4, 0.5) is 5.69 Å². The minimum atomic E-state index is 0.193. The van der Waals surface area contributed by atoms with Crippen LogP contribution in [-0.2, 0) is 11.3 Å². The van der Waals surface area contributed by atoms with E-state index in [0.29, 0.717) is 13.0 Å². The van der Waals surface area contributed by atoms with Gasteiger partial charge in [0.2, 0.25) is 5.91 Å². The normalized spacial score (nSPS) is 15.7. The predicted molar refractivity (Wildman–Crippen MR) is 107 cm³/mol. The lowest BCUT2D eigenvalue weighted by atomic mass is 10.1. The van der Waals surface area contributed by atoms with Crippen LogP contribution in [0.1, 0.15) is 18.9 Å². The molecule has 2 aromatic carbocycles. The lowest BCUT2D eigenvalue weighted by Crippen LogP contribution is -2.47. The molecule has 2 aromatic rings. The first-order valence-corrected chi connectivity index (χ1v) is 9.60. The molecule has 0 unspecified atom stereocenters. The van der Waals surface area contributed by atoms with Gasteiger partial charge in [-0.15, -0.1) is 0 Å².